The van der Waals surface area contributed by atoms with Crippen LogP contribution in [0.4, 0.5) is 0 Å². The number of pyridine rings is 3. The minimum absolute atomic E-state index is 0.318. The maximum Gasteiger partial charge on any atom is 0.120 e. The summed E-state index contributed by atoms with van der Waals surface area (Å²) >= 11 is 0. The van der Waals surface area contributed by atoms with Crippen LogP contribution in [-0.2, 0) is 39.3 Å². The van der Waals surface area contributed by atoms with Gasteiger partial charge in [0.1, 0.15) is 5.75 Å². The van der Waals surface area contributed by atoms with Gasteiger partial charge < -0.3 is 5.11 Å². The predicted molar refractivity (Wildman–Crippen MR) is 158 cm³/mol. The fourth-order valence-electron chi connectivity index (χ4n) is 5.03. The van der Waals surface area contributed by atoms with E-state index in [1.54, 1.807) is 6.07 Å². The van der Waals surface area contributed by atoms with Crippen LogP contribution in [0.5, 0.6) is 5.75 Å². The smallest absolute Gasteiger partial charge is 0.120 e. The Bertz CT molecular complexity index is 1440. The van der Waals surface area contributed by atoms with Gasteiger partial charge in [-0.25, -0.2) is 0 Å². The zero-order valence-electron chi connectivity index (χ0n) is 22.9. The van der Waals surface area contributed by atoms with E-state index in [4.69, 9.17) is 0 Å². The van der Waals surface area contributed by atoms with E-state index < -0.39 is 0 Å². The van der Waals surface area contributed by atoms with Crippen molar-refractivity contribution in [3.63, 3.8) is 0 Å². The molecule has 3 aromatic heterocycles. The van der Waals surface area contributed by atoms with Crippen molar-refractivity contribution >= 4 is 0 Å². The maximum absolute atomic E-state index is 10.5. The van der Waals surface area contributed by atoms with Crippen molar-refractivity contribution in [2.24, 2.45) is 0 Å². The largest absolute Gasteiger partial charge is 0.508 e. The number of hydrogen-bond donors (Lipinski definition) is 1. The van der Waals surface area contributed by atoms with E-state index in [2.05, 4.69) is 62.0 Å². The van der Waals surface area contributed by atoms with Crippen LogP contribution < -0.4 is 0 Å². The van der Waals surface area contributed by atoms with E-state index in [0.29, 0.717) is 18.8 Å². The highest BCUT2D eigenvalue weighted by Crippen LogP contribution is 2.22. The molecule has 0 spiro atoms. The second kappa shape index (κ2) is 13.6. The van der Waals surface area contributed by atoms with Crippen LogP contribution >= 0.6 is 0 Å². The molecule has 0 aliphatic rings. The number of benzene rings is 2. The fourth-order valence-corrected chi connectivity index (χ4v) is 5.03. The summed E-state index contributed by atoms with van der Waals surface area (Å²) in [4.78, 5) is 18.4. The Morgan fingerprint density at radius 1 is 0.525 bits per heavy atom. The molecule has 0 bridgehead atoms. The molecule has 5 rings (SSSR count). The lowest BCUT2D eigenvalue weighted by Gasteiger charge is -2.25. The van der Waals surface area contributed by atoms with Crippen molar-refractivity contribution in [3.05, 3.63) is 155 Å². The number of hydrogen-bond acceptors (Lipinski definition) is 6. The number of aryl methyl sites for hydroxylation is 1. The molecule has 2 aromatic carbocycles. The van der Waals surface area contributed by atoms with Crippen LogP contribution in [0.1, 0.15) is 39.3 Å². The minimum Gasteiger partial charge on any atom is -0.508 e. The summed E-state index contributed by atoms with van der Waals surface area (Å²) in [6, 6.07) is 32.5. The highest BCUT2D eigenvalue weighted by Gasteiger charge is 2.14. The van der Waals surface area contributed by atoms with Crippen molar-refractivity contribution in [1.82, 2.24) is 24.8 Å². The van der Waals surface area contributed by atoms with Gasteiger partial charge in [-0.1, -0.05) is 60.2 Å². The molecule has 3 heterocycles. The summed E-state index contributed by atoms with van der Waals surface area (Å²) < 4.78 is 0. The second-order valence-electron chi connectivity index (χ2n) is 10.2. The Morgan fingerprint density at radius 2 is 0.975 bits per heavy atom. The third kappa shape index (κ3) is 8.06. The molecule has 0 amide bonds. The third-order valence-electron chi connectivity index (χ3n) is 6.73. The quantitative estimate of drug-likeness (QED) is 0.205. The van der Waals surface area contributed by atoms with Crippen LogP contribution in [0.15, 0.2) is 116 Å². The molecular formula is C34H35N5O. The van der Waals surface area contributed by atoms with Gasteiger partial charge in [-0.15, -0.1) is 0 Å². The van der Waals surface area contributed by atoms with Crippen molar-refractivity contribution < 1.29 is 5.11 Å². The first-order valence-electron chi connectivity index (χ1n) is 13.6. The monoisotopic (exact) mass is 529 g/mol. The molecule has 6 nitrogen and oxygen atoms in total. The van der Waals surface area contributed by atoms with Crippen LogP contribution in [-0.4, -0.2) is 29.9 Å². The second-order valence-corrected chi connectivity index (χ2v) is 10.2. The van der Waals surface area contributed by atoms with Crippen molar-refractivity contribution in [2.75, 3.05) is 0 Å². The Hall–Kier alpha value is -4.39. The summed E-state index contributed by atoms with van der Waals surface area (Å²) in [6.07, 6.45) is 5.52. The molecule has 5 aromatic rings. The Labute approximate surface area is 236 Å². The van der Waals surface area contributed by atoms with Crippen molar-refractivity contribution in [3.8, 4) is 5.75 Å². The average molecular weight is 530 g/mol. The SMILES string of the molecule is Cc1cc(CN(Cc2ccccn2)Cc2ccccn2)cc(CN(Cc2ccccn2)Cc2ccccc2O)c1. The average Bonchev–Trinajstić information content (AvgIpc) is 2.95. The molecule has 0 fully saturated rings. The van der Waals surface area contributed by atoms with Crippen LogP contribution in [0.2, 0.25) is 0 Å². The molecule has 0 aliphatic carbocycles. The summed E-state index contributed by atoms with van der Waals surface area (Å²) in [5.74, 6) is 0.318. The zero-order chi connectivity index (χ0) is 27.6. The van der Waals surface area contributed by atoms with Gasteiger partial charge in [-0.05, 0) is 60.5 Å². The van der Waals surface area contributed by atoms with Gasteiger partial charge in [-0.3, -0.25) is 24.8 Å². The highest BCUT2D eigenvalue weighted by molar-refractivity contribution is 5.33. The molecule has 0 saturated heterocycles. The first-order chi connectivity index (χ1) is 19.6. The standard InChI is InChI=1S/C34H35N5O/c1-27-18-28(21-38(24-31-11-4-7-15-35-31)23-30-10-2-3-14-34(30)40)20-29(19-27)22-39(25-32-12-5-8-16-36-32)26-33-13-6-9-17-37-33/h2-20,40H,21-26H2,1H3. The maximum atomic E-state index is 10.5. The number of aromatic hydroxyl groups is 1. The highest BCUT2D eigenvalue weighted by atomic mass is 16.3. The molecule has 0 saturated carbocycles. The molecule has 202 valence electrons. The molecule has 0 aliphatic heterocycles. The Balaban J connectivity index is 1.37. The normalized spacial score (nSPS) is 11.3. The number of rotatable bonds is 12. The summed E-state index contributed by atoms with van der Waals surface area (Å²) in [5.41, 5.74) is 7.69. The third-order valence-corrected chi connectivity index (χ3v) is 6.73. The fraction of sp³-hybridized carbons (Fsp3) is 0.206. The molecule has 0 atom stereocenters. The summed E-state index contributed by atoms with van der Waals surface area (Å²) in [6.45, 7) is 6.45. The lowest BCUT2D eigenvalue weighted by molar-refractivity contribution is 0.237. The minimum atomic E-state index is 0.318. The van der Waals surface area contributed by atoms with E-state index in [1.165, 1.54) is 16.7 Å². The van der Waals surface area contributed by atoms with Gasteiger partial charge in [0.2, 0.25) is 0 Å². The summed E-state index contributed by atoms with van der Waals surface area (Å²) in [7, 11) is 0. The molecular weight excluding hydrogens is 494 g/mol. The van der Waals surface area contributed by atoms with Gasteiger partial charge >= 0.3 is 0 Å². The van der Waals surface area contributed by atoms with Crippen LogP contribution in [0.3, 0.4) is 0 Å². The molecule has 6 heteroatoms. The van der Waals surface area contributed by atoms with Crippen LogP contribution in [0.25, 0.3) is 0 Å². The van der Waals surface area contributed by atoms with E-state index in [0.717, 1.165) is 48.8 Å². The number of nitrogens with zero attached hydrogens (tertiary/aromatic N) is 5. The number of phenolic OH excluding ortho intramolecular Hbond substituents is 1. The van der Waals surface area contributed by atoms with E-state index in [9.17, 15) is 5.11 Å². The molecule has 0 unspecified atom stereocenters. The van der Waals surface area contributed by atoms with E-state index in [1.807, 2.05) is 79.3 Å². The predicted octanol–water partition coefficient (Wildman–Crippen LogP) is 6.29. The van der Waals surface area contributed by atoms with Gasteiger partial charge in [0.15, 0.2) is 0 Å². The number of phenols is 1. The number of para-hydroxylation sites is 1. The van der Waals surface area contributed by atoms with E-state index >= 15 is 0 Å². The first kappa shape index (κ1) is 27.2. The van der Waals surface area contributed by atoms with Crippen molar-refractivity contribution in [2.45, 2.75) is 46.2 Å². The Morgan fingerprint density at radius 3 is 1.43 bits per heavy atom. The van der Waals surface area contributed by atoms with Crippen LogP contribution in [0, 0.1) is 6.92 Å². The number of aromatic nitrogens is 3. The topological polar surface area (TPSA) is 65.4 Å². The first-order valence-corrected chi connectivity index (χ1v) is 13.6. The van der Waals surface area contributed by atoms with Gasteiger partial charge in [0, 0.05) is 63.4 Å². The van der Waals surface area contributed by atoms with Gasteiger partial charge in [0.25, 0.3) is 0 Å². The molecule has 40 heavy (non-hydrogen) atoms. The zero-order valence-corrected chi connectivity index (χ0v) is 22.9. The van der Waals surface area contributed by atoms with E-state index in [-0.39, 0.29) is 0 Å². The Kier molecular flexibility index (Phi) is 9.25. The lowest BCUT2D eigenvalue weighted by atomic mass is 10.0. The van der Waals surface area contributed by atoms with Gasteiger partial charge in [-0.2, -0.15) is 0 Å². The van der Waals surface area contributed by atoms with Gasteiger partial charge in [0.05, 0.1) is 17.1 Å². The summed E-state index contributed by atoms with van der Waals surface area (Å²) in [5, 5.41) is 10.5. The lowest BCUT2D eigenvalue weighted by Crippen LogP contribution is -2.24. The molecule has 0 radical (unpaired) electrons. The van der Waals surface area contributed by atoms with Crippen molar-refractivity contribution in [1.29, 1.82) is 0 Å². The molecule has 1 N–H and O–H groups in total.